The van der Waals surface area contributed by atoms with Crippen LogP contribution in [-0.4, -0.2) is 25.2 Å². The smallest absolute Gasteiger partial charge is 0.231 e. The molecule has 92 valence electrons. The Kier molecular flexibility index (Phi) is 3.66. The molecule has 1 aliphatic heterocycles. The Balaban J connectivity index is 2.05. The molecule has 5 heteroatoms. The number of rotatable bonds is 2. The van der Waals surface area contributed by atoms with Crippen LogP contribution in [-0.2, 0) is 9.53 Å². The lowest BCUT2D eigenvalue weighted by Crippen LogP contribution is -2.37. The van der Waals surface area contributed by atoms with Crippen LogP contribution in [0.5, 0.6) is 0 Å². The lowest BCUT2D eigenvalue weighted by molar-refractivity contribution is -0.120. The van der Waals surface area contributed by atoms with Crippen molar-refractivity contribution in [1.82, 2.24) is 0 Å². The van der Waals surface area contributed by atoms with Gasteiger partial charge in [-0.05, 0) is 24.6 Å². The van der Waals surface area contributed by atoms with Crippen LogP contribution in [0, 0.1) is 12.8 Å². The number of nitrogens with two attached hydrogens (primary N) is 1. The lowest BCUT2D eigenvalue weighted by Gasteiger charge is -2.13. The first kappa shape index (κ1) is 12.4. The number of nitrogens with one attached hydrogen (secondary N) is 1. The van der Waals surface area contributed by atoms with E-state index in [1.807, 2.05) is 19.1 Å². The van der Waals surface area contributed by atoms with Gasteiger partial charge in [-0.25, -0.2) is 0 Å². The Hall–Kier alpha value is -1.10. The van der Waals surface area contributed by atoms with E-state index in [0.29, 0.717) is 23.9 Å². The molecular formula is C12H15ClN2O2. The number of hydrogen-bond donors (Lipinski definition) is 2. The minimum atomic E-state index is -0.282. The predicted molar refractivity (Wildman–Crippen MR) is 67.1 cm³/mol. The van der Waals surface area contributed by atoms with Crippen LogP contribution in [0.1, 0.15) is 5.56 Å². The van der Waals surface area contributed by atoms with Gasteiger partial charge < -0.3 is 15.8 Å². The monoisotopic (exact) mass is 254 g/mol. The highest BCUT2D eigenvalue weighted by Crippen LogP contribution is 2.21. The summed E-state index contributed by atoms with van der Waals surface area (Å²) in [4.78, 5) is 11.9. The van der Waals surface area contributed by atoms with E-state index in [1.54, 1.807) is 6.07 Å². The zero-order valence-corrected chi connectivity index (χ0v) is 10.3. The fraction of sp³-hybridized carbons (Fsp3) is 0.417. The van der Waals surface area contributed by atoms with Gasteiger partial charge >= 0.3 is 0 Å². The first-order valence-electron chi connectivity index (χ1n) is 5.48. The number of hydrogen-bond acceptors (Lipinski definition) is 3. The first-order chi connectivity index (χ1) is 8.08. The average Bonchev–Trinajstić information content (AvgIpc) is 2.70. The summed E-state index contributed by atoms with van der Waals surface area (Å²) in [5.74, 6) is -0.398. The van der Waals surface area contributed by atoms with E-state index in [1.165, 1.54) is 0 Å². The van der Waals surface area contributed by atoms with E-state index in [0.717, 1.165) is 5.56 Å². The number of benzene rings is 1. The molecule has 2 unspecified atom stereocenters. The Morgan fingerprint density at radius 1 is 1.53 bits per heavy atom. The summed E-state index contributed by atoms with van der Waals surface area (Å²) in [6.07, 6.45) is 0. The minimum absolute atomic E-state index is 0.116. The van der Waals surface area contributed by atoms with E-state index >= 15 is 0 Å². The zero-order chi connectivity index (χ0) is 12.4. The van der Waals surface area contributed by atoms with E-state index in [4.69, 9.17) is 22.1 Å². The Bertz CT molecular complexity index is 437. The molecule has 0 aromatic heterocycles. The summed E-state index contributed by atoms with van der Waals surface area (Å²) in [5, 5.41) is 3.43. The number of halogens is 1. The molecule has 1 aromatic rings. The van der Waals surface area contributed by atoms with Crippen LogP contribution >= 0.6 is 11.6 Å². The summed E-state index contributed by atoms with van der Waals surface area (Å²) in [7, 11) is 0. The molecule has 1 heterocycles. The highest BCUT2D eigenvalue weighted by Gasteiger charge is 2.31. The SMILES string of the molecule is Cc1ccc(NC(=O)C2COCC2N)cc1Cl. The predicted octanol–water partition coefficient (Wildman–Crippen LogP) is 1.56. The van der Waals surface area contributed by atoms with Gasteiger partial charge in [0.2, 0.25) is 5.91 Å². The van der Waals surface area contributed by atoms with Crippen LogP contribution in [0.25, 0.3) is 0 Å². The second kappa shape index (κ2) is 5.04. The van der Waals surface area contributed by atoms with Gasteiger partial charge in [-0.1, -0.05) is 17.7 Å². The molecule has 0 saturated carbocycles. The second-order valence-corrected chi connectivity index (χ2v) is 4.67. The summed E-state index contributed by atoms with van der Waals surface area (Å²) >= 11 is 5.98. The highest BCUT2D eigenvalue weighted by molar-refractivity contribution is 6.31. The fourth-order valence-electron chi connectivity index (χ4n) is 1.75. The van der Waals surface area contributed by atoms with Gasteiger partial charge in [0.05, 0.1) is 19.1 Å². The van der Waals surface area contributed by atoms with Gasteiger partial charge in [0.1, 0.15) is 0 Å². The molecule has 17 heavy (non-hydrogen) atoms. The Morgan fingerprint density at radius 2 is 2.29 bits per heavy atom. The molecule has 0 spiro atoms. The molecule has 4 nitrogen and oxygen atoms in total. The molecule has 1 fully saturated rings. The minimum Gasteiger partial charge on any atom is -0.379 e. The van der Waals surface area contributed by atoms with Crippen molar-refractivity contribution < 1.29 is 9.53 Å². The van der Waals surface area contributed by atoms with Crippen LogP contribution in [0.3, 0.4) is 0 Å². The standard InChI is InChI=1S/C12H15ClN2O2/c1-7-2-3-8(4-10(7)13)15-12(16)9-5-17-6-11(9)14/h2-4,9,11H,5-6,14H2,1H3,(H,15,16). The van der Waals surface area contributed by atoms with E-state index < -0.39 is 0 Å². The van der Waals surface area contributed by atoms with Gasteiger partial charge in [0.15, 0.2) is 0 Å². The highest BCUT2D eigenvalue weighted by atomic mass is 35.5. The zero-order valence-electron chi connectivity index (χ0n) is 9.57. The van der Waals surface area contributed by atoms with Crippen LogP contribution in [0.4, 0.5) is 5.69 Å². The van der Waals surface area contributed by atoms with Gasteiger partial charge in [-0.2, -0.15) is 0 Å². The van der Waals surface area contributed by atoms with Gasteiger partial charge in [0, 0.05) is 16.8 Å². The normalized spacial score (nSPS) is 23.7. The van der Waals surface area contributed by atoms with Crippen molar-refractivity contribution in [3.63, 3.8) is 0 Å². The van der Waals surface area contributed by atoms with Gasteiger partial charge in [-0.3, -0.25) is 4.79 Å². The van der Waals surface area contributed by atoms with Crippen molar-refractivity contribution in [2.24, 2.45) is 11.7 Å². The van der Waals surface area contributed by atoms with E-state index in [-0.39, 0.29) is 17.9 Å². The van der Waals surface area contributed by atoms with Gasteiger partial charge in [0.25, 0.3) is 0 Å². The van der Waals surface area contributed by atoms with Crippen LogP contribution < -0.4 is 11.1 Å². The van der Waals surface area contributed by atoms with Crippen molar-refractivity contribution in [3.05, 3.63) is 28.8 Å². The molecule has 2 atom stereocenters. The number of carbonyl (C=O) groups is 1. The van der Waals surface area contributed by atoms with Gasteiger partial charge in [-0.15, -0.1) is 0 Å². The van der Waals surface area contributed by atoms with Crippen LogP contribution in [0.15, 0.2) is 18.2 Å². The quantitative estimate of drug-likeness (QED) is 0.842. The van der Waals surface area contributed by atoms with E-state index in [2.05, 4.69) is 5.32 Å². The maximum absolute atomic E-state index is 11.9. The molecular weight excluding hydrogens is 240 g/mol. The number of carbonyl (C=O) groups excluding carboxylic acids is 1. The summed E-state index contributed by atoms with van der Waals surface area (Å²) in [6, 6.07) is 5.19. The van der Waals surface area contributed by atoms with Crippen molar-refractivity contribution in [2.45, 2.75) is 13.0 Å². The Labute approximate surface area is 105 Å². The Morgan fingerprint density at radius 3 is 2.88 bits per heavy atom. The van der Waals surface area contributed by atoms with Crippen molar-refractivity contribution in [3.8, 4) is 0 Å². The second-order valence-electron chi connectivity index (χ2n) is 4.26. The number of anilines is 1. The third kappa shape index (κ3) is 2.77. The first-order valence-corrected chi connectivity index (χ1v) is 5.86. The van der Waals surface area contributed by atoms with E-state index in [9.17, 15) is 4.79 Å². The molecule has 1 amide bonds. The third-order valence-electron chi connectivity index (χ3n) is 2.90. The molecule has 0 radical (unpaired) electrons. The van der Waals surface area contributed by atoms with Crippen molar-refractivity contribution in [1.29, 1.82) is 0 Å². The molecule has 0 aliphatic carbocycles. The molecule has 1 saturated heterocycles. The third-order valence-corrected chi connectivity index (χ3v) is 3.31. The summed E-state index contributed by atoms with van der Waals surface area (Å²) < 4.78 is 5.16. The summed E-state index contributed by atoms with van der Waals surface area (Å²) in [6.45, 7) is 2.73. The number of aryl methyl sites for hydroxylation is 1. The molecule has 0 bridgehead atoms. The lowest BCUT2D eigenvalue weighted by atomic mass is 10.0. The molecule has 3 N–H and O–H groups in total. The fourth-order valence-corrected chi connectivity index (χ4v) is 1.93. The maximum atomic E-state index is 11.9. The topological polar surface area (TPSA) is 64.3 Å². The maximum Gasteiger partial charge on any atom is 0.231 e. The number of ether oxygens (including phenoxy) is 1. The molecule has 2 rings (SSSR count). The molecule has 1 aliphatic rings. The van der Waals surface area contributed by atoms with Crippen molar-refractivity contribution in [2.75, 3.05) is 18.5 Å². The largest absolute Gasteiger partial charge is 0.379 e. The number of amides is 1. The summed E-state index contributed by atoms with van der Waals surface area (Å²) in [5.41, 5.74) is 7.44. The average molecular weight is 255 g/mol. The van der Waals surface area contributed by atoms with Crippen molar-refractivity contribution >= 4 is 23.2 Å². The molecule has 1 aromatic carbocycles. The van der Waals surface area contributed by atoms with Crippen LogP contribution in [0.2, 0.25) is 5.02 Å².